The first-order valence-corrected chi connectivity index (χ1v) is 16.0. The fourth-order valence-corrected chi connectivity index (χ4v) is 8.50. The van der Waals surface area contributed by atoms with Crippen LogP contribution in [0.2, 0.25) is 0 Å². The lowest BCUT2D eigenvalue weighted by molar-refractivity contribution is -0.144. The van der Waals surface area contributed by atoms with Crippen molar-refractivity contribution in [1.82, 2.24) is 4.90 Å². The molecule has 0 unspecified atom stereocenters. The van der Waals surface area contributed by atoms with Gasteiger partial charge < -0.3 is 25.2 Å². The molecule has 8 nitrogen and oxygen atoms in total. The Morgan fingerprint density at radius 1 is 0.889 bits per heavy atom. The number of carboxylic acid groups (broad SMARTS) is 1. The number of hydrogen-bond donors (Lipinski definition) is 2. The largest absolute Gasteiger partial charge is 0.497 e. The van der Waals surface area contributed by atoms with Gasteiger partial charge in [0.15, 0.2) is 0 Å². The third-order valence-corrected chi connectivity index (χ3v) is 10.1. The molecule has 3 aromatic rings. The Bertz CT molecular complexity index is 1500. The molecule has 2 amide bonds. The van der Waals surface area contributed by atoms with E-state index < -0.39 is 17.9 Å². The number of carbonyl (C=O) groups is 3. The first-order chi connectivity index (χ1) is 21.7. The second-order valence-corrected chi connectivity index (χ2v) is 13.5. The van der Waals surface area contributed by atoms with Gasteiger partial charge in [-0.05, 0) is 121 Å². The van der Waals surface area contributed by atoms with E-state index >= 15 is 0 Å². The Kier molecular flexibility index (Phi) is 8.83. The zero-order valence-corrected chi connectivity index (χ0v) is 25.8. The highest BCUT2D eigenvalue weighted by Gasteiger charge is 2.52. The van der Waals surface area contributed by atoms with Crippen molar-refractivity contribution in [3.05, 3.63) is 83.9 Å². The highest BCUT2D eigenvalue weighted by Crippen LogP contribution is 2.60. The molecule has 0 saturated heterocycles. The van der Waals surface area contributed by atoms with E-state index in [1.165, 1.54) is 19.3 Å². The molecule has 0 aliphatic heterocycles. The average molecular weight is 611 g/mol. The molecule has 0 aromatic heterocycles. The molecular weight excluding hydrogens is 568 g/mol. The Morgan fingerprint density at radius 3 is 2.04 bits per heavy atom. The third-order valence-electron chi connectivity index (χ3n) is 10.1. The van der Waals surface area contributed by atoms with Gasteiger partial charge in [0.2, 0.25) is 5.91 Å². The van der Waals surface area contributed by atoms with Crippen molar-refractivity contribution >= 4 is 17.8 Å². The van der Waals surface area contributed by atoms with E-state index in [9.17, 15) is 19.5 Å². The Balaban J connectivity index is 1.18. The van der Waals surface area contributed by atoms with Crippen LogP contribution in [0, 0.1) is 23.2 Å². The molecule has 4 aliphatic rings. The summed E-state index contributed by atoms with van der Waals surface area (Å²) in [5.74, 6) is 1.55. The average Bonchev–Trinajstić information content (AvgIpc) is 3.02. The Hall–Kier alpha value is -4.33. The smallest absolute Gasteiger partial charge is 0.326 e. The number of rotatable bonds is 13. The van der Waals surface area contributed by atoms with Crippen LogP contribution in [0.3, 0.4) is 0 Å². The molecule has 236 valence electrons. The van der Waals surface area contributed by atoms with Gasteiger partial charge in [0.05, 0.1) is 7.11 Å². The van der Waals surface area contributed by atoms with Crippen LogP contribution in [0.5, 0.6) is 11.5 Å². The van der Waals surface area contributed by atoms with E-state index in [1.54, 1.807) is 24.1 Å². The van der Waals surface area contributed by atoms with Gasteiger partial charge in [-0.2, -0.15) is 0 Å². The van der Waals surface area contributed by atoms with Crippen LogP contribution in [0.25, 0.3) is 11.1 Å². The van der Waals surface area contributed by atoms with E-state index in [0.717, 1.165) is 47.5 Å². The van der Waals surface area contributed by atoms with Crippen molar-refractivity contribution in [2.45, 2.75) is 64.0 Å². The van der Waals surface area contributed by atoms with Gasteiger partial charge in [-0.25, -0.2) is 4.79 Å². The van der Waals surface area contributed by atoms with Crippen LogP contribution in [0.1, 0.15) is 67.3 Å². The van der Waals surface area contributed by atoms with E-state index in [4.69, 9.17) is 15.2 Å². The summed E-state index contributed by atoms with van der Waals surface area (Å²) in [5, 5.41) is 10.2. The zero-order valence-electron chi connectivity index (χ0n) is 25.8. The summed E-state index contributed by atoms with van der Waals surface area (Å²) < 4.78 is 11.2. The number of aliphatic carboxylic acids is 1. The lowest BCUT2D eigenvalue weighted by Crippen LogP contribution is -2.55. The van der Waals surface area contributed by atoms with Crippen molar-refractivity contribution in [2.24, 2.45) is 28.9 Å². The van der Waals surface area contributed by atoms with E-state index in [-0.39, 0.29) is 24.2 Å². The number of amides is 2. The first kappa shape index (κ1) is 30.7. The SMILES string of the molecule is COc1cccc(COc2ccc(-c3ccc(C(=O)N(CC45CC6CC(CC(C6)C4)C5)[C@@H](CCC(N)=O)C(=O)O)cc3)cc2)c1. The molecule has 8 heteroatoms. The minimum atomic E-state index is -1.11. The normalized spacial score (nSPS) is 23.7. The van der Waals surface area contributed by atoms with E-state index in [0.29, 0.717) is 36.5 Å². The highest BCUT2D eigenvalue weighted by molar-refractivity contribution is 5.97. The van der Waals surface area contributed by atoms with Crippen LogP contribution < -0.4 is 15.2 Å². The van der Waals surface area contributed by atoms with Crippen LogP contribution in [-0.4, -0.2) is 47.5 Å². The Labute approximate surface area is 264 Å². The number of nitrogens with two attached hydrogens (primary N) is 1. The van der Waals surface area contributed by atoms with Crippen molar-refractivity contribution in [3.8, 4) is 22.6 Å². The molecule has 4 bridgehead atoms. The van der Waals surface area contributed by atoms with Crippen molar-refractivity contribution in [2.75, 3.05) is 13.7 Å². The van der Waals surface area contributed by atoms with Crippen molar-refractivity contribution in [3.63, 3.8) is 0 Å². The monoisotopic (exact) mass is 610 g/mol. The fourth-order valence-electron chi connectivity index (χ4n) is 8.50. The number of carbonyl (C=O) groups excluding carboxylic acids is 2. The molecule has 0 radical (unpaired) electrons. The van der Waals surface area contributed by atoms with Gasteiger partial charge in [0.25, 0.3) is 5.91 Å². The number of carboxylic acids is 1. The molecule has 0 spiro atoms. The zero-order chi connectivity index (χ0) is 31.6. The lowest BCUT2D eigenvalue weighted by atomic mass is 9.49. The molecule has 4 fully saturated rings. The van der Waals surface area contributed by atoms with Gasteiger partial charge in [0, 0.05) is 18.5 Å². The quantitative estimate of drug-likeness (QED) is 0.234. The predicted molar refractivity (Wildman–Crippen MR) is 171 cm³/mol. The van der Waals surface area contributed by atoms with Gasteiger partial charge in [0.1, 0.15) is 24.1 Å². The highest BCUT2D eigenvalue weighted by atomic mass is 16.5. The molecule has 0 heterocycles. The molecule has 3 aromatic carbocycles. The minimum absolute atomic E-state index is 0.00704. The summed E-state index contributed by atoms with van der Waals surface area (Å²) in [4.78, 5) is 39.8. The van der Waals surface area contributed by atoms with Gasteiger partial charge in [-0.3, -0.25) is 9.59 Å². The van der Waals surface area contributed by atoms with E-state index in [1.807, 2.05) is 60.7 Å². The summed E-state index contributed by atoms with van der Waals surface area (Å²) in [6.45, 7) is 0.827. The van der Waals surface area contributed by atoms with Crippen LogP contribution in [0.4, 0.5) is 0 Å². The Morgan fingerprint density at radius 2 is 1.49 bits per heavy atom. The summed E-state index contributed by atoms with van der Waals surface area (Å²) in [6, 6.07) is 21.7. The number of hydrogen-bond acceptors (Lipinski definition) is 5. The van der Waals surface area contributed by atoms with Crippen molar-refractivity contribution in [1.29, 1.82) is 0 Å². The lowest BCUT2D eigenvalue weighted by Gasteiger charge is -2.58. The number of nitrogens with zero attached hydrogens (tertiary/aromatic N) is 1. The third kappa shape index (κ3) is 7.00. The molecular formula is C37H42N2O6. The summed E-state index contributed by atoms with van der Waals surface area (Å²) >= 11 is 0. The maximum atomic E-state index is 14.1. The molecule has 45 heavy (non-hydrogen) atoms. The second kappa shape index (κ2) is 13.0. The minimum Gasteiger partial charge on any atom is -0.497 e. The summed E-state index contributed by atoms with van der Waals surface area (Å²) in [5.41, 5.74) is 8.70. The maximum absolute atomic E-state index is 14.1. The topological polar surface area (TPSA) is 119 Å². The van der Waals surface area contributed by atoms with Crippen molar-refractivity contribution < 1.29 is 29.0 Å². The van der Waals surface area contributed by atoms with Crippen LogP contribution in [-0.2, 0) is 16.2 Å². The van der Waals surface area contributed by atoms with E-state index in [2.05, 4.69) is 0 Å². The molecule has 7 rings (SSSR count). The number of primary amides is 1. The number of ether oxygens (including phenoxy) is 2. The molecule has 1 atom stereocenters. The van der Waals surface area contributed by atoms with Gasteiger partial charge in [-0.15, -0.1) is 0 Å². The predicted octanol–water partition coefficient (Wildman–Crippen LogP) is 6.32. The standard InChI is InChI=1S/C37H42N2O6/c1-44-32-4-2-3-24(18-32)22-45-31-11-9-29(10-12-31)28-5-7-30(8-6-28)35(41)39(33(36(42)43)13-14-34(38)40)23-37-19-25-15-26(20-37)17-27(16-25)21-37/h2-12,18,25-27,33H,13-17,19-23H2,1H3,(H2,38,40)(H,42,43)/t25?,26?,27?,33-,37?/m0/s1. The fraction of sp³-hybridized carbons (Fsp3) is 0.432. The summed E-state index contributed by atoms with van der Waals surface area (Å²) in [6.07, 6.45) is 6.83. The first-order valence-electron chi connectivity index (χ1n) is 16.0. The number of benzene rings is 3. The van der Waals surface area contributed by atoms with Crippen LogP contribution in [0.15, 0.2) is 72.8 Å². The van der Waals surface area contributed by atoms with Crippen LogP contribution >= 0.6 is 0 Å². The maximum Gasteiger partial charge on any atom is 0.326 e. The number of methoxy groups -OCH3 is 1. The molecule has 4 saturated carbocycles. The van der Waals surface area contributed by atoms with Gasteiger partial charge in [-0.1, -0.05) is 36.4 Å². The second-order valence-electron chi connectivity index (χ2n) is 13.5. The molecule has 4 aliphatic carbocycles. The molecule has 3 N–H and O–H groups in total. The van der Waals surface area contributed by atoms with Gasteiger partial charge >= 0.3 is 5.97 Å². The summed E-state index contributed by atoms with van der Waals surface area (Å²) in [7, 11) is 1.64.